The summed E-state index contributed by atoms with van der Waals surface area (Å²) in [5, 5.41) is 5.30. The van der Waals surface area contributed by atoms with E-state index >= 15 is 0 Å². The molecule has 0 saturated heterocycles. The Balaban J connectivity index is 1.44. The van der Waals surface area contributed by atoms with Gasteiger partial charge in [-0.3, -0.25) is 14.5 Å². The van der Waals surface area contributed by atoms with Gasteiger partial charge in [-0.15, -0.1) is 0 Å². The smallest absolute Gasteiger partial charge is 0.309 e. The van der Waals surface area contributed by atoms with Crippen LogP contribution in [0.2, 0.25) is 0 Å². The predicted octanol–water partition coefficient (Wildman–Crippen LogP) is 1.68. The average molecular weight is 473 g/mol. The zero-order valence-corrected chi connectivity index (χ0v) is 20.2. The maximum Gasteiger partial charge on any atom is 0.309 e. The summed E-state index contributed by atoms with van der Waals surface area (Å²) in [5.41, 5.74) is 3.35. The highest BCUT2D eigenvalue weighted by molar-refractivity contribution is 7.89. The molecule has 1 heterocycles. The minimum Gasteiger partial charge on any atom is -0.348 e. The Morgan fingerprint density at radius 2 is 1.79 bits per heavy atom. The molecule has 0 radical (unpaired) electrons. The number of benzene rings is 2. The van der Waals surface area contributed by atoms with Gasteiger partial charge in [0.25, 0.3) is 0 Å². The summed E-state index contributed by atoms with van der Waals surface area (Å²) in [6.45, 7) is 4.87. The molecule has 0 fully saturated rings. The van der Waals surface area contributed by atoms with Crippen molar-refractivity contribution in [3.8, 4) is 0 Å². The van der Waals surface area contributed by atoms with Gasteiger partial charge in [0.05, 0.1) is 10.9 Å². The maximum atomic E-state index is 12.3. The third-order valence-corrected chi connectivity index (χ3v) is 7.65. The fourth-order valence-corrected chi connectivity index (χ4v) is 4.79. The minimum atomic E-state index is -3.58. The molecule has 2 aromatic carbocycles. The van der Waals surface area contributed by atoms with Gasteiger partial charge in [0, 0.05) is 40.3 Å². The number of hydrogen-bond donors (Lipinski definition) is 2. The van der Waals surface area contributed by atoms with Gasteiger partial charge in [0.2, 0.25) is 10.0 Å². The van der Waals surface area contributed by atoms with Crippen LogP contribution in [-0.2, 0) is 32.6 Å². The molecule has 33 heavy (non-hydrogen) atoms. The van der Waals surface area contributed by atoms with Crippen molar-refractivity contribution >= 4 is 21.8 Å². The first-order chi connectivity index (χ1) is 15.7. The highest BCUT2D eigenvalue weighted by atomic mass is 32.2. The van der Waals surface area contributed by atoms with Crippen molar-refractivity contribution in [2.24, 2.45) is 0 Å². The summed E-state index contributed by atoms with van der Waals surface area (Å²) in [6, 6.07) is 14.3. The molecule has 9 heteroatoms. The van der Waals surface area contributed by atoms with Crippen molar-refractivity contribution in [2.45, 2.75) is 37.2 Å². The van der Waals surface area contributed by atoms with Gasteiger partial charge in [0.1, 0.15) is 0 Å². The molecule has 0 spiro atoms. The Morgan fingerprint density at radius 3 is 2.52 bits per heavy atom. The van der Waals surface area contributed by atoms with Crippen molar-refractivity contribution in [1.82, 2.24) is 19.8 Å². The third-order valence-electron chi connectivity index (χ3n) is 5.84. The molecular formula is C24H32N4O4S. The molecule has 0 aromatic heterocycles. The van der Waals surface area contributed by atoms with E-state index in [0.717, 1.165) is 36.8 Å². The maximum absolute atomic E-state index is 12.3. The van der Waals surface area contributed by atoms with E-state index in [4.69, 9.17) is 0 Å². The Hall–Kier alpha value is -2.75. The molecule has 0 bridgehead atoms. The van der Waals surface area contributed by atoms with Crippen LogP contribution in [0.15, 0.2) is 53.4 Å². The van der Waals surface area contributed by atoms with Gasteiger partial charge in [0.15, 0.2) is 0 Å². The Bertz CT molecular complexity index is 1100. The Morgan fingerprint density at radius 1 is 1.06 bits per heavy atom. The second-order valence-electron chi connectivity index (χ2n) is 8.46. The summed E-state index contributed by atoms with van der Waals surface area (Å²) >= 11 is 0. The highest BCUT2D eigenvalue weighted by Gasteiger charge is 2.21. The second kappa shape index (κ2) is 10.9. The molecule has 8 nitrogen and oxygen atoms in total. The normalized spacial score (nSPS) is 15.0. The first-order valence-electron chi connectivity index (χ1n) is 11.1. The monoisotopic (exact) mass is 472 g/mol. The first-order valence-corrected chi connectivity index (χ1v) is 12.5. The van der Waals surface area contributed by atoms with Crippen LogP contribution in [0.5, 0.6) is 0 Å². The molecular weight excluding hydrogens is 440 g/mol. The number of carbonyl (C=O) groups excluding carboxylic acids is 2. The molecule has 1 aliphatic rings. The molecule has 2 aromatic rings. The number of sulfonamides is 1. The second-order valence-corrected chi connectivity index (χ2v) is 10.6. The lowest BCUT2D eigenvalue weighted by Crippen LogP contribution is -2.42. The van der Waals surface area contributed by atoms with Crippen LogP contribution in [0.3, 0.4) is 0 Å². The van der Waals surface area contributed by atoms with Crippen molar-refractivity contribution in [3.05, 3.63) is 65.2 Å². The van der Waals surface area contributed by atoms with E-state index in [1.54, 1.807) is 19.1 Å². The summed E-state index contributed by atoms with van der Waals surface area (Å²) in [7, 11) is -0.661. The summed E-state index contributed by atoms with van der Waals surface area (Å²) in [6.07, 6.45) is 1.78. The lowest BCUT2D eigenvalue weighted by atomic mass is 10.00. The zero-order chi connectivity index (χ0) is 24.0. The molecule has 3 rings (SSSR count). The lowest BCUT2D eigenvalue weighted by molar-refractivity contribution is -0.139. The average Bonchev–Trinajstić information content (AvgIpc) is 2.81. The first kappa shape index (κ1) is 24.9. The number of fused-ring (bicyclic) bond motifs is 1. The molecule has 2 N–H and O–H groups in total. The van der Waals surface area contributed by atoms with Crippen LogP contribution < -0.4 is 10.6 Å². The van der Waals surface area contributed by atoms with Crippen LogP contribution in [0.25, 0.3) is 0 Å². The lowest BCUT2D eigenvalue weighted by Gasteiger charge is -2.28. The molecule has 178 valence electrons. The minimum absolute atomic E-state index is 0.135. The number of carbonyl (C=O) groups is 2. The Labute approximate surface area is 196 Å². The van der Waals surface area contributed by atoms with E-state index in [0.29, 0.717) is 12.1 Å². The van der Waals surface area contributed by atoms with Crippen molar-refractivity contribution in [2.75, 3.05) is 33.7 Å². The van der Waals surface area contributed by atoms with Crippen LogP contribution in [0.1, 0.15) is 36.1 Å². The highest BCUT2D eigenvalue weighted by Crippen LogP contribution is 2.20. The topological polar surface area (TPSA) is 98.8 Å². The SMILES string of the molecule is CC(NC(=O)C(=O)NCCCN1CCc2ccccc2C1)c1cccc(S(=O)(=O)N(C)C)c1. The van der Waals surface area contributed by atoms with E-state index in [-0.39, 0.29) is 4.90 Å². The van der Waals surface area contributed by atoms with E-state index in [1.165, 1.54) is 37.4 Å². The van der Waals surface area contributed by atoms with Crippen LogP contribution in [-0.4, -0.2) is 63.2 Å². The van der Waals surface area contributed by atoms with Crippen molar-refractivity contribution in [3.63, 3.8) is 0 Å². The standard InChI is InChI=1S/C24H32N4O4S/c1-18(20-10-6-11-22(16-20)33(31,32)27(2)3)26-24(30)23(29)25-13-7-14-28-15-12-19-8-4-5-9-21(19)17-28/h4-6,8-11,16,18H,7,12-15,17H2,1-3H3,(H,25,29)(H,26,30). The molecule has 0 saturated carbocycles. The molecule has 1 unspecified atom stereocenters. The van der Waals surface area contributed by atoms with E-state index in [1.807, 2.05) is 0 Å². The number of hydrogen-bond acceptors (Lipinski definition) is 5. The van der Waals surface area contributed by atoms with E-state index < -0.39 is 27.9 Å². The number of nitrogens with one attached hydrogen (secondary N) is 2. The molecule has 1 atom stereocenters. The predicted molar refractivity (Wildman–Crippen MR) is 127 cm³/mol. The van der Waals surface area contributed by atoms with E-state index in [9.17, 15) is 18.0 Å². The number of amides is 2. The van der Waals surface area contributed by atoms with Gasteiger partial charge in [-0.25, -0.2) is 12.7 Å². The molecule has 0 aliphatic carbocycles. The van der Waals surface area contributed by atoms with Crippen LogP contribution in [0.4, 0.5) is 0 Å². The van der Waals surface area contributed by atoms with Crippen LogP contribution >= 0.6 is 0 Å². The van der Waals surface area contributed by atoms with Gasteiger partial charge >= 0.3 is 11.8 Å². The zero-order valence-electron chi connectivity index (χ0n) is 19.4. The van der Waals surface area contributed by atoms with Gasteiger partial charge in [-0.2, -0.15) is 0 Å². The van der Waals surface area contributed by atoms with Gasteiger partial charge in [-0.1, -0.05) is 36.4 Å². The summed E-state index contributed by atoms with van der Waals surface area (Å²) < 4.78 is 25.8. The van der Waals surface area contributed by atoms with Crippen molar-refractivity contribution in [1.29, 1.82) is 0 Å². The fourth-order valence-electron chi connectivity index (χ4n) is 3.83. The summed E-state index contributed by atoms with van der Waals surface area (Å²) in [4.78, 5) is 27.0. The fraction of sp³-hybridized carbons (Fsp3) is 0.417. The van der Waals surface area contributed by atoms with Gasteiger partial charge in [-0.05, 0) is 48.6 Å². The Kier molecular flexibility index (Phi) is 8.23. The quantitative estimate of drug-likeness (QED) is 0.450. The number of rotatable bonds is 8. The molecule has 1 aliphatic heterocycles. The van der Waals surface area contributed by atoms with Crippen LogP contribution in [0, 0.1) is 0 Å². The third kappa shape index (κ3) is 6.40. The van der Waals surface area contributed by atoms with Gasteiger partial charge < -0.3 is 10.6 Å². The molecule has 2 amide bonds. The van der Waals surface area contributed by atoms with E-state index in [2.05, 4.69) is 39.8 Å². The number of nitrogens with zero attached hydrogens (tertiary/aromatic N) is 2. The largest absolute Gasteiger partial charge is 0.348 e. The summed E-state index contributed by atoms with van der Waals surface area (Å²) in [5.74, 6) is -1.43. The van der Waals surface area contributed by atoms with Crippen molar-refractivity contribution < 1.29 is 18.0 Å².